The van der Waals surface area contributed by atoms with Crippen LogP contribution in [0.3, 0.4) is 0 Å². The molecule has 0 fully saturated rings. The molecule has 0 atom stereocenters. The van der Waals surface area contributed by atoms with Crippen molar-refractivity contribution >= 4 is 45.9 Å². The monoisotopic (exact) mass is 510 g/mol. The fourth-order valence-corrected chi connectivity index (χ4v) is 2.27. The van der Waals surface area contributed by atoms with Gasteiger partial charge in [-0.3, -0.25) is 4.68 Å². The van der Waals surface area contributed by atoms with Crippen LogP contribution in [0.2, 0.25) is 0 Å². The lowest BCUT2D eigenvalue weighted by atomic mass is 10.2. The zero-order chi connectivity index (χ0) is 16.8. The van der Waals surface area contributed by atoms with Gasteiger partial charge in [0, 0.05) is 20.6 Å². The van der Waals surface area contributed by atoms with Crippen molar-refractivity contribution in [1.29, 1.82) is 0 Å². The third-order valence-corrected chi connectivity index (χ3v) is 3.92. The Morgan fingerprint density at radius 3 is 2.79 bits per heavy atom. The number of rotatable bonds is 5. The number of aromatic nitrogens is 3. The smallest absolute Gasteiger partial charge is 0.194 e. The first-order chi connectivity index (χ1) is 11.0. The molecule has 0 radical (unpaired) electrons. The first-order valence-electron chi connectivity index (χ1n) is 7.27. The van der Waals surface area contributed by atoms with E-state index >= 15 is 0 Å². The number of benzene rings is 1. The number of aryl methyl sites for hydroxylation is 1. The molecule has 1 aromatic heterocycles. The summed E-state index contributed by atoms with van der Waals surface area (Å²) >= 11 is 3.15. The van der Waals surface area contributed by atoms with Crippen molar-refractivity contribution in [1.82, 2.24) is 25.0 Å². The molecule has 0 unspecified atom stereocenters. The first kappa shape index (κ1) is 20.8. The van der Waals surface area contributed by atoms with Gasteiger partial charge in [0.05, 0.1) is 17.6 Å². The van der Waals surface area contributed by atoms with E-state index in [0.29, 0.717) is 17.6 Å². The Balaban J connectivity index is 0.00000288. The van der Waals surface area contributed by atoms with Gasteiger partial charge in [0.15, 0.2) is 5.96 Å². The van der Waals surface area contributed by atoms with Crippen molar-refractivity contribution in [3.63, 3.8) is 0 Å². The molecule has 2 aromatic rings. The van der Waals surface area contributed by atoms with Gasteiger partial charge >= 0.3 is 0 Å². The highest BCUT2D eigenvalue weighted by molar-refractivity contribution is 14.0. The van der Waals surface area contributed by atoms with Crippen LogP contribution in [0.1, 0.15) is 18.3 Å². The molecule has 2 rings (SSSR count). The number of nitrogens with zero attached hydrogens (tertiary/aromatic N) is 5. The summed E-state index contributed by atoms with van der Waals surface area (Å²) < 4.78 is 15.7. The van der Waals surface area contributed by atoms with E-state index in [9.17, 15) is 4.39 Å². The fourth-order valence-electron chi connectivity index (χ4n) is 2.02. The predicted octanol–water partition coefficient (Wildman–Crippen LogP) is 2.93. The van der Waals surface area contributed by atoms with Gasteiger partial charge in [0.25, 0.3) is 0 Å². The third-order valence-electron chi connectivity index (χ3n) is 3.28. The van der Waals surface area contributed by atoms with E-state index in [0.717, 1.165) is 23.9 Å². The summed E-state index contributed by atoms with van der Waals surface area (Å²) in [4.78, 5) is 10.7. The van der Waals surface area contributed by atoms with E-state index in [1.54, 1.807) is 10.7 Å². The largest absolute Gasteiger partial charge is 0.357 e. The topological polar surface area (TPSA) is 58.3 Å². The van der Waals surface area contributed by atoms with Crippen molar-refractivity contribution in [2.24, 2.45) is 12.0 Å². The lowest BCUT2D eigenvalue weighted by Gasteiger charge is -2.21. The number of halogens is 3. The average molecular weight is 511 g/mol. The zero-order valence-electron chi connectivity index (χ0n) is 13.8. The molecular formula is C15H21BrFIN6. The second-order valence-electron chi connectivity index (χ2n) is 5.07. The molecule has 9 heteroatoms. The number of aliphatic imine (C=N–C) groups is 1. The second kappa shape index (κ2) is 9.92. The van der Waals surface area contributed by atoms with Crippen LogP contribution in [0.5, 0.6) is 0 Å². The Morgan fingerprint density at radius 1 is 1.46 bits per heavy atom. The van der Waals surface area contributed by atoms with Crippen molar-refractivity contribution in [2.75, 3.05) is 13.6 Å². The maximum Gasteiger partial charge on any atom is 0.194 e. The standard InChI is InChI=1S/C15H20BrFN6.HI/c1-4-18-15(22(2)9-14-20-10-21-23(14)3)19-8-11-5-6-12(16)13(17)7-11;/h5-7,10H,4,8-9H2,1-3H3,(H,18,19);1H. The van der Waals surface area contributed by atoms with Gasteiger partial charge < -0.3 is 10.2 Å². The second-order valence-corrected chi connectivity index (χ2v) is 5.93. The summed E-state index contributed by atoms with van der Waals surface area (Å²) in [6, 6.07) is 5.03. The Labute approximate surface area is 166 Å². The minimum Gasteiger partial charge on any atom is -0.357 e. The molecule has 0 saturated carbocycles. The zero-order valence-corrected chi connectivity index (χ0v) is 17.7. The predicted molar refractivity (Wildman–Crippen MR) is 107 cm³/mol. The number of hydrogen-bond acceptors (Lipinski definition) is 3. The first-order valence-corrected chi connectivity index (χ1v) is 8.06. The summed E-state index contributed by atoms with van der Waals surface area (Å²) in [5.41, 5.74) is 0.813. The molecule has 6 nitrogen and oxygen atoms in total. The molecule has 1 heterocycles. The summed E-state index contributed by atoms with van der Waals surface area (Å²) in [5.74, 6) is 1.29. The third kappa shape index (κ3) is 5.69. The number of nitrogens with one attached hydrogen (secondary N) is 1. The highest BCUT2D eigenvalue weighted by Gasteiger charge is 2.10. The minimum absolute atomic E-state index is 0. The SMILES string of the molecule is CCNC(=NCc1ccc(Br)c(F)c1)N(C)Cc1ncnn1C.I. The molecule has 132 valence electrons. The molecular weight excluding hydrogens is 490 g/mol. The van der Waals surface area contributed by atoms with Crippen LogP contribution in [-0.2, 0) is 20.1 Å². The summed E-state index contributed by atoms with van der Waals surface area (Å²) in [5, 5.41) is 7.29. The van der Waals surface area contributed by atoms with Gasteiger partial charge in [-0.2, -0.15) is 5.10 Å². The Hall–Kier alpha value is -1.23. The fraction of sp³-hybridized carbons (Fsp3) is 0.400. The van der Waals surface area contributed by atoms with E-state index in [1.165, 1.54) is 12.4 Å². The van der Waals surface area contributed by atoms with Crippen LogP contribution in [0.25, 0.3) is 0 Å². The number of guanidine groups is 1. The maximum atomic E-state index is 13.6. The average Bonchev–Trinajstić information content (AvgIpc) is 2.92. The maximum absolute atomic E-state index is 13.6. The Morgan fingerprint density at radius 2 is 2.21 bits per heavy atom. The lowest BCUT2D eigenvalue weighted by Crippen LogP contribution is -2.39. The van der Waals surface area contributed by atoms with Gasteiger partial charge in [-0.05, 0) is 40.5 Å². The van der Waals surface area contributed by atoms with Crippen LogP contribution in [0, 0.1) is 5.82 Å². The normalized spacial score (nSPS) is 11.1. The minimum atomic E-state index is -0.282. The molecule has 0 saturated heterocycles. The van der Waals surface area contributed by atoms with Crippen LogP contribution in [0.4, 0.5) is 4.39 Å². The highest BCUT2D eigenvalue weighted by Crippen LogP contribution is 2.16. The van der Waals surface area contributed by atoms with Crippen molar-refractivity contribution in [2.45, 2.75) is 20.0 Å². The van der Waals surface area contributed by atoms with E-state index in [1.807, 2.05) is 32.0 Å². The summed E-state index contributed by atoms with van der Waals surface area (Å²) in [6.07, 6.45) is 1.53. The molecule has 0 aliphatic rings. The van der Waals surface area contributed by atoms with Gasteiger partial charge in [0.1, 0.15) is 18.0 Å². The molecule has 0 spiro atoms. The van der Waals surface area contributed by atoms with E-state index in [4.69, 9.17) is 0 Å². The van der Waals surface area contributed by atoms with Crippen LogP contribution >= 0.6 is 39.9 Å². The summed E-state index contributed by atoms with van der Waals surface area (Å²) in [6.45, 7) is 3.73. The highest BCUT2D eigenvalue weighted by atomic mass is 127. The van der Waals surface area contributed by atoms with Crippen LogP contribution in [-0.4, -0.2) is 39.2 Å². The molecule has 0 amide bonds. The van der Waals surface area contributed by atoms with E-state index in [-0.39, 0.29) is 29.8 Å². The summed E-state index contributed by atoms with van der Waals surface area (Å²) in [7, 11) is 3.78. The van der Waals surface area contributed by atoms with E-state index < -0.39 is 0 Å². The van der Waals surface area contributed by atoms with Crippen LogP contribution in [0.15, 0.2) is 34.0 Å². The molecule has 24 heavy (non-hydrogen) atoms. The molecule has 0 aliphatic carbocycles. The Bertz CT molecular complexity index is 690. The van der Waals surface area contributed by atoms with Gasteiger partial charge in [-0.1, -0.05) is 6.07 Å². The van der Waals surface area contributed by atoms with Crippen molar-refractivity contribution in [3.05, 3.63) is 46.2 Å². The van der Waals surface area contributed by atoms with Gasteiger partial charge in [-0.25, -0.2) is 14.4 Å². The quantitative estimate of drug-likeness (QED) is 0.382. The van der Waals surface area contributed by atoms with E-state index in [2.05, 4.69) is 36.3 Å². The molecule has 1 N–H and O–H groups in total. The molecule has 1 aromatic carbocycles. The van der Waals surface area contributed by atoms with Crippen molar-refractivity contribution in [3.8, 4) is 0 Å². The lowest BCUT2D eigenvalue weighted by molar-refractivity contribution is 0.448. The Kier molecular flexibility index (Phi) is 8.60. The molecule has 0 aliphatic heterocycles. The van der Waals surface area contributed by atoms with Crippen LogP contribution < -0.4 is 5.32 Å². The number of hydrogen-bond donors (Lipinski definition) is 1. The van der Waals surface area contributed by atoms with Gasteiger partial charge in [-0.15, -0.1) is 24.0 Å². The van der Waals surface area contributed by atoms with Crippen molar-refractivity contribution < 1.29 is 4.39 Å². The van der Waals surface area contributed by atoms with Gasteiger partial charge in [0.2, 0.25) is 0 Å². The molecule has 0 bridgehead atoms.